The third-order valence-electron chi connectivity index (χ3n) is 5.99. The van der Waals surface area contributed by atoms with E-state index >= 15 is 0 Å². The van der Waals surface area contributed by atoms with Gasteiger partial charge < -0.3 is 9.69 Å². The molecule has 5 heteroatoms. The first-order chi connectivity index (χ1) is 13.5. The number of allylic oxidation sites excluding steroid dienone is 1. The quantitative estimate of drug-likeness (QED) is 0.742. The number of carbonyl (C=O) groups is 2. The number of fused-ring (bicyclic) bond motifs is 1. The van der Waals surface area contributed by atoms with Crippen LogP contribution in [0.3, 0.4) is 0 Å². The van der Waals surface area contributed by atoms with Gasteiger partial charge in [0.1, 0.15) is 5.82 Å². The van der Waals surface area contributed by atoms with Crippen molar-refractivity contribution in [2.45, 2.75) is 18.8 Å². The fourth-order valence-corrected chi connectivity index (χ4v) is 4.58. The van der Waals surface area contributed by atoms with E-state index in [-0.39, 0.29) is 29.1 Å². The average molecular weight is 374 g/mol. The van der Waals surface area contributed by atoms with Crippen molar-refractivity contribution in [3.05, 3.63) is 89.2 Å². The number of amides is 1. The highest BCUT2D eigenvalue weighted by molar-refractivity contribution is 6.09. The van der Waals surface area contributed by atoms with E-state index in [0.29, 0.717) is 18.7 Å². The summed E-state index contributed by atoms with van der Waals surface area (Å²) in [7, 11) is 0. The van der Waals surface area contributed by atoms with Crippen LogP contribution in [0, 0.1) is 24.2 Å². The molecule has 0 radical (unpaired) electrons. The molecular weight excluding hydrogens is 355 g/mol. The second-order valence-electron chi connectivity index (χ2n) is 7.36. The summed E-state index contributed by atoms with van der Waals surface area (Å²) >= 11 is 0. The van der Waals surface area contributed by atoms with E-state index < -0.39 is 11.3 Å². The van der Waals surface area contributed by atoms with Gasteiger partial charge >= 0.3 is 0 Å². The monoisotopic (exact) mass is 374 g/mol. The van der Waals surface area contributed by atoms with Crippen molar-refractivity contribution in [1.82, 2.24) is 0 Å². The molecule has 1 amide bonds. The highest BCUT2D eigenvalue weighted by Gasteiger charge is 2.56. The number of carbonyl (C=O) groups excluding carboxylic acids is 2. The van der Waals surface area contributed by atoms with Gasteiger partial charge in [0.2, 0.25) is 11.6 Å². The zero-order chi connectivity index (χ0) is 19.9. The van der Waals surface area contributed by atoms with E-state index in [1.807, 2.05) is 37.3 Å². The van der Waals surface area contributed by atoms with Crippen LogP contribution < -0.4 is 4.90 Å². The van der Waals surface area contributed by atoms with Gasteiger partial charge in [0.25, 0.3) is 0 Å². The lowest BCUT2D eigenvalue weighted by molar-refractivity contribution is -0.130. The molecule has 0 unspecified atom stereocenters. The fraction of sp³-hybridized carbons (Fsp3) is 0.261. The van der Waals surface area contributed by atoms with Crippen LogP contribution in [-0.2, 0) is 15.0 Å². The molecule has 1 heterocycles. The topological polar surface area (TPSA) is 41.7 Å². The van der Waals surface area contributed by atoms with E-state index in [1.165, 1.54) is 12.1 Å². The fourth-order valence-electron chi connectivity index (χ4n) is 4.58. The van der Waals surface area contributed by atoms with Gasteiger partial charge in [-0.15, -0.1) is 0 Å². The number of anilines is 1. The Morgan fingerprint density at radius 1 is 1.11 bits per heavy atom. The Labute approximate surface area is 163 Å². The molecule has 4 rings (SSSR count). The molecule has 0 N–H and O–H groups in total. The molecular formula is C23H19FN2O2. The number of piperidine rings is 1. The molecule has 2 aliphatic rings. The van der Waals surface area contributed by atoms with Crippen LogP contribution in [0.4, 0.5) is 10.1 Å². The molecule has 3 atom stereocenters. The number of rotatable bonds is 2. The predicted octanol–water partition coefficient (Wildman–Crippen LogP) is 4.14. The third kappa shape index (κ3) is 2.56. The highest BCUT2D eigenvalue weighted by atomic mass is 19.1. The summed E-state index contributed by atoms with van der Waals surface area (Å²) in [6.45, 7) is 9.70. The highest BCUT2D eigenvalue weighted by Crippen LogP contribution is 2.49. The molecule has 0 spiro atoms. The molecule has 2 aromatic carbocycles. The van der Waals surface area contributed by atoms with Crippen molar-refractivity contribution >= 4 is 17.4 Å². The first-order valence-electron chi connectivity index (χ1n) is 9.26. The van der Waals surface area contributed by atoms with Crippen molar-refractivity contribution in [1.29, 1.82) is 0 Å². The normalized spacial score (nSPS) is 27.0. The van der Waals surface area contributed by atoms with Crippen molar-refractivity contribution in [2.75, 3.05) is 11.4 Å². The van der Waals surface area contributed by atoms with Gasteiger partial charge in [0, 0.05) is 18.2 Å². The molecule has 28 heavy (non-hydrogen) atoms. The first kappa shape index (κ1) is 18.1. The minimum absolute atomic E-state index is 0.0157. The summed E-state index contributed by atoms with van der Waals surface area (Å²) in [5.74, 6) is -1.39. The summed E-state index contributed by atoms with van der Waals surface area (Å²) in [5, 5.41) is 0. The molecule has 4 nitrogen and oxygen atoms in total. The Morgan fingerprint density at radius 3 is 2.43 bits per heavy atom. The van der Waals surface area contributed by atoms with Crippen LogP contribution >= 0.6 is 0 Å². The maximum absolute atomic E-state index is 13.9. The average Bonchev–Trinajstić information content (AvgIpc) is 2.73. The van der Waals surface area contributed by atoms with Crippen molar-refractivity contribution in [3.8, 4) is 0 Å². The SMILES string of the molecule is [C-]#[N+]C1=C[C@]2(c3ccccc3)C(=O)N(c3ccc(F)cc3)CC[C@H]2[C@H](C)C1=O. The summed E-state index contributed by atoms with van der Waals surface area (Å²) in [5.41, 5.74) is 0.322. The van der Waals surface area contributed by atoms with Gasteiger partial charge in [0.05, 0.1) is 12.0 Å². The standard InChI is InChI=1S/C23H19FN2O2/c1-15-19-12-13-26(18-10-8-17(24)9-11-18)22(28)23(19,14-20(25-2)21(15)27)16-6-4-3-5-7-16/h3-11,14-15,19H,12-13H2,1H3/t15-,19-,23+/m0/s1. The Balaban J connectivity index is 1.92. The maximum atomic E-state index is 13.9. The summed E-state index contributed by atoms with van der Waals surface area (Å²) in [6, 6.07) is 15.2. The number of Topliss-reactive ketones (excluding diaryl/α,β-unsaturated/α-hetero) is 1. The maximum Gasteiger partial charge on any atom is 0.240 e. The van der Waals surface area contributed by atoms with Gasteiger partial charge in [-0.25, -0.2) is 9.24 Å². The van der Waals surface area contributed by atoms with Gasteiger partial charge in [-0.2, -0.15) is 0 Å². The number of halogens is 1. The molecule has 0 saturated carbocycles. The molecule has 1 aliphatic carbocycles. The van der Waals surface area contributed by atoms with Crippen LogP contribution in [0.2, 0.25) is 0 Å². The summed E-state index contributed by atoms with van der Waals surface area (Å²) < 4.78 is 13.4. The van der Waals surface area contributed by atoms with Crippen LogP contribution in [0.15, 0.2) is 66.4 Å². The molecule has 1 saturated heterocycles. The number of benzene rings is 2. The predicted molar refractivity (Wildman–Crippen MR) is 104 cm³/mol. The summed E-state index contributed by atoms with van der Waals surface area (Å²) in [6.07, 6.45) is 2.19. The third-order valence-corrected chi connectivity index (χ3v) is 5.99. The first-order valence-corrected chi connectivity index (χ1v) is 9.26. The Hall–Kier alpha value is -3.26. The minimum Gasteiger partial charge on any atom is -0.311 e. The van der Waals surface area contributed by atoms with Crippen molar-refractivity contribution < 1.29 is 14.0 Å². The Morgan fingerprint density at radius 2 is 1.79 bits per heavy atom. The van der Waals surface area contributed by atoms with Gasteiger partial charge in [-0.1, -0.05) is 43.3 Å². The minimum atomic E-state index is -1.08. The Bertz CT molecular complexity index is 1010. The van der Waals surface area contributed by atoms with E-state index in [9.17, 15) is 14.0 Å². The molecule has 140 valence electrons. The van der Waals surface area contributed by atoms with Gasteiger partial charge in [-0.05, 0) is 42.2 Å². The lowest BCUT2D eigenvalue weighted by atomic mass is 9.58. The zero-order valence-electron chi connectivity index (χ0n) is 15.4. The van der Waals surface area contributed by atoms with Gasteiger partial charge in [0.15, 0.2) is 5.78 Å². The molecule has 1 fully saturated rings. The zero-order valence-corrected chi connectivity index (χ0v) is 15.4. The lowest BCUT2D eigenvalue weighted by Gasteiger charge is -2.50. The molecule has 2 aromatic rings. The number of hydrogen-bond donors (Lipinski definition) is 0. The second-order valence-corrected chi connectivity index (χ2v) is 7.36. The van der Waals surface area contributed by atoms with E-state index in [2.05, 4.69) is 4.85 Å². The van der Waals surface area contributed by atoms with Crippen LogP contribution in [0.25, 0.3) is 4.85 Å². The van der Waals surface area contributed by atoms with Crippen molar-refractivity contribution in [3.63, 3.8) is 0 Å². The Kier molecular flexibility index (Phi) is 4.35. The number of hydrogen-bond acceptors (Lipinski definition) is 2. The second kappa shape index (κ2) is 6.72. The smallest absolute Gasteiger partial charge is 0.240 e. The van der Waals surface area contributed by atoms with E-state index in [1.54, 1.807) is 23.1 Å². The summed E-state index contributed by atoms with van der Waals surface area (Å²) in [4.78, 5) is 31.6. The van der Waals surface area contributed by atoms with Gasteiger partial charge in [-0.3, -0.25) is 4.79 Å². The van der Waals surface area contributed by atoms with E-state index in [4.69, 9.17) is 6.57 Å². The van der Waals surface area contributed by atoms with Crippen LogP contribution in [0.1, 0.15) is 18.9 Å². The van der Waals surface area contributed by atoms with Crippen LogP contribution in [0.5, 0.6) is 0 Å². The van der Waals surface area contributed by atoms with E-state index in [0.717, 1.165) is 5.56 Å². The molecule has 0 aromatic heterocycles. The molecule has 0 bridgehead atoms. The lowest BCUT2D eigenvalue weighted by Crippen LogP contribution is -2.59. The van der Waals surface area contributed by atoms with Crippen molar-refractivity contribution in [2.24, 2.45) is 11.8 Å². The number of nitrogens with zero attached hydrogens (tertiary/aromatic N) is 2. The van der Waals surface area contributed by atoms with Crippen LogP contribution in [-0.4, -0.2) is 18.2 Å². The molecule has 1 aliphatic heterocycles. The largest absolute Gasteiger partial charge is 0.311 e. The number of ketones is 1.